The van der Waals surface area contributed by atoms with Gasteiger partial charge in [0.1, 0.15) is 12.4 Å². The molecule has 0 saturated carbocycles. The molecule has 0 fully saturated rings. The normalized spacial score (nSPS) is 11.3. The van der Waals surface area contributed by atoms with Crippen molar-refractivity contribution in [1.29, 1.82) is 0 Å². The van der Waals surface area contributed by atoms with Crippen LogP contribution in [0.3, 0.4) is 0 Å². The fourth-order valence-electron chi connectivity index (χ4n) is 1.67. The Balaban J connectivity index is 2.20. The van der Waals surface area contributed by atoms with E-state index in [0.717, 1.165) is 5.56 Å². The second-order valence-corrected chi connectivity index (χ2v) is 6.65. The van der Waals surface area contributed by atoms with E-state index in [9.17, 15) is 8.42 Å². The van der Waals surface area contributed by atoms with Gasteiger partial charge in [0.15, 0.2) is 0 Å². The largest absolute Gasteiger partial charge is 0.487 e. The number of hydrogen-bond acceptors (Lipinski definition) is 4. The Kier molecular flexibility index (Phi) is 4.72. The van der Waals surface area contributed by atoms with Crippen molar-refractivity contribution in [3.63, 3.8) is 0 Å². The van der Waals surface area contributed by atoms with E-state index in [4.69, 9.17) is 22.1 Å². The lowest BCUT2D eigenvalue weighted by Crippen LogP contribution is -2.18. The molecule has 2 rings (SSSR count). The summed E-state index contributed by atoms with van der Waals surface area (Å²) in [6.45, 7) is 0.268. The minimum atomic E-state index is -3.53. The Bertz CT molecular complexity index is 730. The Labute approximate surface area is 128 Å². The van der Waals surface area contributed by atoms with Gasteiger partial charge in [-0.1, -0.05) is 23.7 Å². The molecule has 21 heavy (non-hydrogen) atoms. The highest BCUT2D eigenvalue weighted by atomic mass is 35.5. The van der Waals surface area contributed by atoms with E-state index in [1.54, 1.807) is 12.1 Å². The van der Waals surface area contributed by atoms with E-state index in [0.29, 0.717) is 16.5 Å². The van der Waals surface area contributed by atoms with Crippen LogP contribution < -0.4 is 15.2 Å². The molecule has 0 aliphatic carbocycles. The van der Waals surface area contributed by atoms with Crippen LogP contribution in [0.15, 0.2) is 47.4 Å². The number of rotatable bonds is 5. The van der Waals surface area contributed by atoms with Gasteiger partial charge in [0.25, 0.3) is 0 Å². The molecule has 3 N–H and O–H groups in total. The molecule has 0 aliphatic heterocycles. The van der Waals surface area contributed by atoms with Gasteiger partial charge >= 0.3 is 0 Å². The molecular weight excluding hydrogens is 312 g/mol. The smallest absolute Gasteiger partial charge is 0.240 e. The van der Waals surface area contributed by atoms with Crippen LogP contribution in [-0.2, 0) is 16.6 Å². The fourth-order valence-corrected chi connectivity index (χ4v) is 2.54. The van der Waals surface area contributed by atoms with E-state index in [2.05, 4.69) is 4.72 Å². The van der Waals surface area contributed by atoms with Crippen LogP contribution in [0.2, 0.25) is 5.02 Å². The van der Waals surface area contributed by atoms with Crippen molar-refractivity contribution in [3.8, 4) is 5.75 Å². The number of sulfonamides is 1. The molecule has 0 atom stereocenters. The summed E-state index contributed by atoms with van der Waals surface area (Å²) in [5.74, 6) is 0.321. The topological polar surface area (TPSA) is 81.4 Å². The van der Waals surface area contributed by atoms with Crippen LogP contribution in [0.1, 0.15) is 5.56 Å². The van der Waals surface area contributed by atoms with E-state index >= 15 is 0 Å². The molecule has 2 aromatic rings. The van der Waals surface area contributed by atoms with Gasteiger partial charge in [-0.3, -0.25) is 0 Å². The zero-order valence-corrected chi connectivity index (χ0v) is 12.9. The molecule has 2 aromatic carbocycles. The number of anilines is 1. The predicted molar refractivity (Wildman–Crippen MR) is 82.9 cm³/mol. The summed E-state index contributed by atoms with van der Waals surface area (Å²) >= 11 is 5.81. The van der Waals surface area contributed by atoms with Crippen LogP contribution in [0.4, 0.5) is 5.69 Å². The minimum Gasteiger partial charge on any atom is -0.487 e. The fraction of sp³-hybridized carbons (Fsp3) is 0.143. The SMILES string of the molecule is CNS(=O)(=O)c1ccc(N)c(OCc2ccc(Cl)cc2)c1. The van der Waals surface area contributed by atoms with Gasteiger partial charge in [0.2, 0.25) is 10.0 Å². The monoisotopic (exact) mass is 326 g/mol. The molecule has 0 bridgehead atoms. The first kappa shape index (κ1) is 15.6. The first-order chi connectivity index (χ1) is 9.92. The molecule has 0 spiro atoms. The van der Waals surface area contributed by atoms with E-state index < -0.39 is 10.0 Å². The van der Waals surface area contributed by atoms with Crippen molar-refractivity contribution < 1.29 is 13.2 Å². The lowest BCUT2D eigenvalue weighted by atomic mass is 10.2. The number of nitrogen functional groups attached to an aromatic ring is 1. The third-order valence-corrected chi connectivity index (χ3v) is 4.54. The average Bonchev–Trinajstić information content (AvgIpc) is 2.48. The zero-order valence-electron chi connectivity index (χ0n) is 11.3. The minimum absolute atomic E-state index is 0.102. The number of ether oxygens (including phenoxy) is 1. The summed E-state index contributed by atoms with van der Waals surface area (Å²) in [5, 5.41) is 0.639. The third kappa shape index (κ3) is 3.87. The van der Waals surface area contributed by atoms with Crippen molar-refractivity contribution in [2.45, 2.75) is 11.5 Å². The summed E-state index contributed by atoms with van der Waals surface area (Å²) in [5.41, 5.74) is 7.08. The van der Waals surface area contributed by atoms with Crippen molar-refractivity contribution in [2.24, 2.45) is 0 Å². The van der Waals surface area contributed by atoms with Crippen LogP contribution in [0, 0.1) is 0 Å². The van der Waals surface area contributed by atoms with Gasteiger partial charge < -0.3 is 10.5 Å². The first-order valence-corrected chi connectivity index (χ1v) is 7.99. The number of nitrogens with one attached hydrogen (secondary N) is 1. The highest BCUT2D eigenvalue weighted by molar-refractivity contribution is 7.89. The Morgan fingerprint density at radius 2 is 1.86 bits per heavy atom. The quantitative estimate of drug-likeness (QED) is 0.827. The van der Waals surface area contributed by atoms with Crippen molar-refractivity contribution >= 4 is 27.3 Å². The van der Waals surface area contributed by atoms with Crippen LogP contribution in [0.25, 0.3) is 0 Å². The van der Waals surface area contributed by atoms with E-state index in [1.807, 2.05) is 12.1 Å². The number of nitrogens with two attached hydrogens (primary N) is 1. The van der Waals surface area contributed by atoms with Gasteiger partial charge in [-0.2, -0.15) is 0 Å². The van der Waals surface area contributed by atoms with Gasteiger partial charge in [-0.25, -0.2) is 13.1 Å². The molecule has 0 heterocycles. The number of halogens is 1. The van der Waals surface area contributed by atoms with Gasteiger partial charge in [0.05, 0.1) is 10.6 Å². The van der Waals surface area contributed by atoms with Crippen LogP contribution >= 0.6 is 11.6 Å². The van der Waals surface area contributed by atoms with Gasteiger partial charge in [0, 0.05) is 11.1 Å². The number of benzene rings is 2. The van der Waals surface area contributed by atoms with Crippen LogP contribution in [-0.4, -0.2) is 15.5 Å². The van der Waals surface area contributed by atoms with Crippen LogP contribution in [0.5, 0.6) is 5.75 Å². The maximum absolute atomic E-state index is 11.8. The standard InChI is InChI=1S/C14H15ClN2O3S/c1-17-21(18,19)12-6-7-13(16)14(8-12)20-9-10-2-4-11(15)5-3-10/h2-8,17H,9,16H2,1H3. The summed E-state index contributed by atoms with van der Waals surface area (Å²) < 4.78 is 31.3. The third-order valence-electron chi connectivity index (χ3n) is 2.87. The molecule has 0 aliphatic rings. The molecule has 0 amide bonds. The average molecular weight is 327 g/mol. The zero-order chi connectivity index (χ0) is 15.5. The summed E-state index contributed by atoms with van der Waals surface area (Å²) in [7, 11) is -2.18. The lowest BCUT2D eigenvalue weighted by Gasteiger charge is -2.11. The Morgan fingerprint density at radius 1 is 1.19 bits per heavy atom. The molecule has 7 heteroatoms. The van der Waals surface area contributed by atoms with Gasteiger partial charge in [-0.15, -0.1) is 0 Å². The number of hydrogen-bond donors (Lipinski definition) is 2. The second kappa shape index (κ2) is 6.34. The maximum atomic E-state index is 11.8. The maximum Gasteiger partial charge on any atom is 0.240 e. The van der Waals surface area contributed by atoms with E-state index in [-0.39, 0.29) is 11.5 Å². The first-order valence-electron chi connectivity index (χ1n) is 6.12. The molecule has 0 aromatic heterocycles. The second-order valence-electron chi connectivity index (χ2n) is 4.32. The Morgan fingerprint density at radius 3 is 2.48 bits per heavy atom. The molecule has 5 nitrogen and oxygen atoms in total. The van der Waals surface area contributed by atoms with Gasteiger partial charge in [-0.05, 0) is 36.9 Å². The molecular formula is C14H15ClN2O3S. The summed E-state index contributed by atoms with van der Waals surface area (Å²) in [4.78, 5) is 0.102. The molecule has 0 saturated heterocycles. The molecule has 112 valence electrons. The summed E-state index contributed by atoms with van der Waals surface area (Å²) in [6, 6.07) is 11.5. The highest BCUT2D eigenvalue weighted by Gasteiger charge is 2.13. The Hall–Kier alpha value is -1.76. The lowest BCUT2D eigenvalue weighted by molar-refractivity contribution is 0.307. The summed E-state index contributed by atoms with van der Waals surface area (Å²) in [6.07, 6.45) is 0. The highest BCUT2D eigenvalue weighted by Crippen LogP contribution is 2.26. The van der Waals surface area contributed by atoms with Crippen molar-refractivity contribution in [2.75, 3.05) is 12.8 Å². The predicted octanol–water partition coefficient (Wildman–Crippen LogP) is 2.41. The molecule has 0 radical (unpaired) electrons. The van der Waals surface area contributed by atoms with Crippen molar-refractivity contribution in [3.05, 3.63) is 53.1 Å². The van der Waals surface area contributed by atoms with E-state index in [1.165, 1.54) is 25.2 Å². The molecule has 0 unspecified atom stereocenters. The van der Waals surface area contributed by atoms with Crippen molar-refractivity contribution in [1.82, 2.24) is 4.72 Å².